The molecule has 2 aromatic rings. The summed E-state index contributed by atoms with van der Waals surface area (Å²) in [5.74, 6) is 1.37. The van der Waals surface area contributed by atoms with Gasteiger partial charge in [-0.15, -0.1) is 0 Å². The van der Waals surface area contributed by atoms with Gasteiger partial charge in [0.15, 0.2) is 5.78 Å². The van der Waals surface area contributed by atoms with Crippen LogP contribution in [0, 0.1) is 0 Å². The second-order valence-corrected chi connectivity index (χ2v) is 6.75. The molecule has 1 atom stereocenters. The van der Waals surface area contributed by atoms with E-state index in [1.165, 1.54) is 12.1 Å². The van der Waals surface area contributed by atoms with E-state index in [1.54, 1.807) is 6.07 Å². The Morgan fingerprint density at radius 2 is 1.96 bits per heavy atom. The molecule has 122 valence electrons. The number of aromatic hydroxyl groups is 1. The summed E-state index contributed by atoms with van der Waals surface area (Å²) >= 11 is 0. The van der Waals surface area contributed by atoms with Gasteiger partial charge in [-0.25, -0.2) is 0 Å². The summed E-state index contributed by atoms with van der Waals surface area (Å²) in [7, 11) is 0. The lowest BCUT2D eigenvalue weighted by molar-refractivity contribution is 0.0849. The Morgan fingerprint density at radius 1 is 1.12 bits per heavy atom. The maximum absolute atomic E-state index is 12.4. The van der Waals surface area contributed by atoms with Crippen molar-refractivity contribution in [2.24, 2.45) is 0 Å². The van der Waals surface area contributed by atoms with Gasteiger partial charge in [-0.05, 0) is 49.8 Å². The standard InChI is InChI=1S/C20H18O4/c1-20(2)8-7-13-9-12(3-6-17(13)24-20)18-11-16(22)15-5-4-14(21)10-19(15)23-18/h3-10,18,21H,11H2,1-2H3. The van der Waals surface area contributed by atoms with Crippen molar-refractivity contribution in [3.63, 3.8) is 0 Å². The zero-order valence-electron chi connectivity index (χ0n) is 13.6. The molecule has 0 aliphatic carbocycles. The summed E-state index contributed by atoms with van der Waals surface area (Å²) in [4.78, 5) is 12.4. The van der Waals surface area contributed by atoms with E-state index in [0.29, 0.717) is 11.3 Å². The lowest BCUT2D eigenvalue weighted by Crippen LogP contribution is -2.27. The van der Waals surface area contributed by atoms with Crippen molar-refractivity contribution in [1.29, 1.82) is 0 Å². The Kier molecular flexibility index (Phi) is 3.17. The number of ether oxygens (including phenoxy) is 2. The van der Waals surface area contributed by atoms with E-state index in [4.69, 9.17) is 9.47 Å². The predicted molar refractivity (Wildman–Crippen MR) is 90.6 cm³/mol. The Bertz CT molecular complexity index is 864. The smallest absolute Gasteiger partial charge is 0.170 e. The van der Waals surface area contributed by atoms with Crippen molar-refractivity contribution in [2.45, 2.75) is 32.0 Å². The van der Waals surface area contributed by atoms with Gasteiger partial charge in [0.2, 0.25) is 0 Å². The molecule has 0 fully saturated rings. The van der Waals surface area contributed by atoms with Crippen LogP contribution in [0.5, 0.6) is 17.2 Å². The van der Waals surface area contributed by atoms with Crippen molar-refractivity contribution in [1.82, 2.24) is 0 Å². The van der Waals surface area contributed by atoms with Crippen molar-refractivity contribution < 1.29 is 19.4 Å². The highest BCUT2D eigenvalue weighted by Crippen LogP contribution is 2.39. The first kappa shape index (κ1) is 14.8. The first-order valence-corrected chi connectivity index (χ1v) is 7.96. The number of rotatable bonds is 1. The van der Waals surface area contributed by atoms with E-state index < -0.39 is 0 Å². The largest absolute Gasteiger partial charge is 0.508 e. The average molecular weight is 322 g/mol. The summed E-state index contributed by atoms with van der Waals surface area (Å²) in [6.07, 6.45) is 3.97. The van der Waals surface area contributed by atoms with Gasteiger partial charge in [-0.2, -0.15) is 0 Å². The second kappa shape index (κ2) is 5.13. The van der Waals surface area contributed by atoms with Gasteiger partial charge in [0.25, 0.3) is 0 Å². The van der Waals surface area contributed by atoms with E-state index in [-0.39, 0.29) is 29.7 Å². The van der Waals surface area contributed by atoms with Crippen LogP contribution < -0.4 is 9.47 Å². The van der Waals surface area contributed by atoms with Crippen molar-refractivity contribution >= 4 is 11.9 Å². The second-order valence-electron chi connectivity index (χ2n) is 6.75. The molecule has 0 radical (unpaired) electrons. The first-order chi connectivity index (χ1) is 11.4. The van der Waals surface area contributed by atoms with Gasteiger partial charge in [0, 0.05) is 11.6 Å². The van der Waals surface area contributed by atoms with Crippen LogP contribution >= 0.6 is 0 Å². The molecule has 1 unspecified atom stereocenters. The highest BCUT2D eigenvalue weighted by molar-refractivity contribution is 6.00. The molecule has 0 saturated heterocycles. The van der Waals surface area contributed by atoms with Crippen LogP contribution in [0.25, 0.3) is 6.08 Å². The van der Waals surface area contributed by atoms with Crippen molar-refractivity contribution in [3.05, 3.63) is 59.2 Å². The minimum absolute atomic E-state index is 0.0203. The molecular formula is C20H18O4. The van der Waals surface area contributed by atoms with Crippen LogP contribution in [0.15, 0.2) is 42.5 Å². The molecule has 2 aliphatic rings. The molecular weight excluding hydrogens is 304 g/mol. The minimum Gasteiger partial charge on any atom is -0.508 e. The molecule has 1 N–H and O–H groups in total. The SMILES string of the molecule is CC1(C)C=Cc2cc(C3CC(=O)c4ccc(O)cc4O3)ccc2O1. The molecule has 0 saturated carbocycles. The number of carbonyl (C=O) groups is 1. The zero-order chi connectivity index (χ0) is 16.9. The van der Waals surface area contributed by atoms with Gasteiger partial charge in [-0.1, -0.05) is 12.1 Å². The number of carbonyl (C=O) groups excluding carboxylic acids is 1. The number of hydrogen-bond donors (Lipinski definition) is 1. The number of benzene rings is 2. The quantitative estimate of drug-likeness (QED) is 0.851. The van der Waals surface area contributed by atoms with Gasteiger partial charge < -0.3 is 14.6 Å². The highest BCUT2D eigenvalue weighted by Gasteiger charge is 2.29. The fourth-order valence-corrected chi connectivity index (χ4v) is 3.10. The predicted octanol–water partition coefficient (Wildman–Crippen LogP) is 4.28. The first-order valence-electron chi connectivity index (χ1n) is 7.96. The zero-order valence-corrected chi connectivity index (χ0v) is 13.6. The Morgan fingerprint density at radius 3 is 2.79 bits per heavy atom. The molecule has 4 rings (SSSR count). The number of fused-ring (bicyclic) bond motifs is 2. The van der Waals surface area contributed by atoms with Crippen LogP contribution in [0.1, 0.15) is 47.9 Å². The van der Waals surface area contributed by atoms with Crippen molar-refractivity contribution in [2.75, 3.05) is 0 Å². The minimum atomic E-state index is -0.361. The van der Waals surface area contributed by atoms with Crippen LogP contribution in [0.2, 0.25) is 0 Å². The van der Waals surface area contributed by atoms with Gasteiger partial charge in [0.1, 0.15) is 29.0 Å². The maximum Gasteiger partial charge on any atom is 0.170 e. The lowest BCUT2D eigenvalue weighted by Gasteiger charge is -2.29. The molecule has 2 aromatic carbocycles. The van der Waals surface area contributed by atoms with Crippen LogP contribution in [0.4, 0.5) is 0 Å². The van der Waals surface area contributed by atoms with Gasteiger partial charge in [-0.3, -0.25) is 4.79 Å². The summed E-state index contributed by atoms with van der Waals surface area (Å²) in [5.41, 5.74) is 2.10. The van der Waals surface area contributed by atoms with Crippen molar-refractivity contribution in [3.8, 4) is 17.2 Å². The summed E-state index contributed by atoms with van der Waals surface area (Å²) in [6, 6.07) is 10.4. The third-order valence-electron chi connectivity index (χ3n) is 4.35. The number of ketones is 1. The number of phenols is 1. The Labute approximate surface area is 140 Å². The third-order valence-corrected chi connectivity index (χ3v) is 4.35. The molecule has 0 amide bonds. The number of Topliss-reactive ketones (excluding diaryl/α,β-unsaturated/α-hetero) is 1. The van der Waals surface area contributed by atoms with E-state index in [1.807, 2.05) is 44.2 Å². The monoisotopic (exact) mass is 322 g/mol. The van der Waals surface area contributed by atoms with E-state index in [2.05, 4.69) is 0 Å². The molecule has 4 nitrogen and oxygen atoms in total. The van der Waals surface area contributed by atoms with E-state index in [0.717, 1.165) is 16.9 Å². The highest BCUT2D eigenvalue weighted by atomic mass is 16.5. The summed E-state index contributed by atoms with van der Waals surface area (Å²) in [6.45, 7) is 4.01. The van der Waals surface area contributed by atoms with E-state index >= 15 is 0 Å². The molecule has 0 spiro atoms. The molecule has 0 bridgehead atoms. The average Bonchev–Trinajstić information content (AvgIpc) is 2.53. The maximum atomic E-state index is 12.4. The molecule has 4 heteroatoms. The fourth-order valence-electron chi connectivity index (χ4n) is 3.10. The number of phenolic OH excluding ortho intramolecular Hbond substituents is 1. The van der Waals surface area contributed by atoms with Gasteiger partial charge in [0.05, 0.1) is 12.0 Å². The molecule has 2 aliphatic heterocycles. The fraction of sp³-hybridized carbons (Fsp3) is 0.250. The molecule has 24 heavy (non-hydrogen) atoms. The van der Waals surface area contributed by atoms with Crippen LogP contribution in [-0.4, -0.2) is 16.5 Å². The van der Waals surface area contributed by atoms with Crippen LogP contribution in [0.3, 0.4) is 0 Å². The lowest BCUT2D eigenvalue weighted by atomic mass is 9.94. The van der Waals surface area contributed by atoms with Crippen LogP contribution in [-0.2, 0) is 0 Å². The summed E-state index contributed by atoms with van der Waals surface area (Å²) < 4.78 is 11.9. The Hall–Kier alpha value is -2.75. The molecule has 2 heterocycles. The van der Waals surface area contributed by atoms with E-state index in [9.17, 15) is 9.90 Å². The normalized spacial score (nSPS) is 20.6. The third kappa shape index (κ3) is 2.54. The summed E-state index contributed by atoms with van der Waals surface area (Å²) in [5, 5.41) is 9.62. The van der Waals surface area contributed by atoms with Gasteiger partial charge >= 0.3 is 0 Å². The molecule has 0 aromatic heterocycles. The number of hydrogen-bond acceptors (Lipinski definition) is 4. The Balaban J connectivity index is 1.67. The topological polar surface area (TPSA) is 55.8 Å².